The molecule has 1 atom stereocenters. The number of guanidine groups is 1. The summed E-state index contributed by atoms with van der Waals surface area (Å²) in [6.07, 6.45) is 6.26. The Balaban J connectivity index is 0.00000288. The van der Waals surface area contributed by atoms with Crippen molar-refractivity contribution in [3.63, 3.8) is 0 Å². The van der Waals surface area contributed by atoms with E-state index in [1.165, 1.54) is 11.1 Å². The monoisotopic (exact) mass is 433 g/mol. The smallest absolute Gasteiger partial charge is 0.191 e. The molecule has 0 aliphatic rings. The highest BCUT2D eigenvalue weighted by molar-refractivity contribution is 14.0. The normalized spacial score (nSPS) is 11.8. The van der Waals surface area contributed by atoms with E-state index in [1.54, 1.807) is 7.05 Å². The number of terminal acetylenes is 1. The van der Waals surface area contributed by atoms with E-state index in [-0.39, 0.29) is 24.0 Å². The molecule has 0 heterocycles. The van der Waals surface area contributed by atoms with Crippen molar-refractivity contribution in [2.75, 3.05) is 20.1 Å². The minimum atomic E-state index is 0. The molecule has 0 bridgehead atoms. The summed E-state index contributed by atoms with van der Waals surface area (Å²) in [6.45, 7) is 1.26. The largest absolute Gasteiger partial charge is 0.356 e. The molecule has 0 radical (unpaired) electrons. The molecule has 4 heteroatoms. The fourth-order valence-corrected chi connectivity index (χ4v) is 2.51. The van der Waals surface area contributed by atoms with Crippen molar-refractivity contribution in [3.8, 4) is 12.3 Å². The first kappa shape index (κ1) is 20.0. The average molecular weight is 433 g/mol. The van der Waals surface area contributed by atoms with Crippen LogP contribution < -0.4 is 10.6 Å². The van der Waals surface area contributed by atoms with Crippen LogP contribution in [-0.2, 0) is 6.42 Å². The van der Waals surface area contributed by atoms with E-state index in [0.29, 0.717) is 12.5 Å². The van der Waals surface area contributed by atoms with E-state index < -0.39 is 0 Å². The van der Waals surface area contributed by atoms with Crippen LogP contribution in [-0.4, -0.2) is 26.1 Å². The molecular weight excluding hydrogens is 409 g/mol. The maximum Gasteiger partial charge on any atom is 0.191 e. The topological polar surface area (TPSA) is 36.4 Å². The molecule has 3 nitrogen and oxygen atoms in total. The Bertz CT molecular complexity index is 648. The highest BCUT2D eigenvalue weighted by atomic mass is 127. The van der Waals surface area contributed by atoms with Gasteiger partial charge in [-0.3, -0.25) is 4.99 Å². The summed E-state index contributed by atoms with van der Waals surface area (Å²) in [7, 11) is 1.75. The van der Waals surface area contributed by atoms with Crippen LogP contribution in [0.2, 0.25) is 0 Å². The second kappa shape index (κ2) is 11.5. The zero-order valence-corrected chi connectivity index (χ0v) is 16.2. The quantitative estimate of drug-likeness (QED) is 0.317. The number of rotatable bonds is 6. The Morgan fingerprint density at radius 2 is 1.67 bits per heavy atom. The molecule has 126 valence electrons. The summed E-state index contributed by atoms with van der Waals surface area (Å²) < 4.78 is 0. The highest BCUT2D eigenvalue weighted by Gasteiger charge is 2.13. The maximum atomic E-state index is 5.29. The summed E-state index contributed by atoms with van der Waals surface area (Å²) in [5, 5.41) is 6.46. The second-order valence-corrected chi connectivity index (χ2v) is 5.31. The van der Waals surface area contributed by atoms with Gasteiger partial charge in [-0.1, -0.05) is 66.6 Å². The average Bonchev–Trinajstić information content (AvgIpc) is 2.62. The van der Waals surface area contributed by atoms with E-state index in [1.807, 2.05) is 12.1 Å². The number of nitrogens with zero attached hydrogens (tertiary/aromatic N) is 1. The first-order valence-corrected chi connectivity index (χ1v) is 7.80. The summed E-state index contributed by atoms with van der Waals surface area (Å²) in [4.78, 5) is 4.20. The van der Waals surface area contributed by atoms with Gasteiger partial charge in [0.05, 0.1) is 6.54 Å². The fraction of sp³-hybridized carbons (Fsp3) is 0.250. The van der Waals surface area contributed by atoms with Gasteiger partial charge in [0.25, 0.3) is 0 Å². The van der Waals surface area contributed by atoms with Crippen LogP contribution in [0.1, 0.15) is 17.0 Å². The van der Waals surface area contributed by atoms with Crippen molar-refractivity contribution >= 4 is 29.9 Å². The number of benzene rings is 2. The molecule has 2 aromatic rings. The highest BCUT2D eigenvalue weighted by Crippen LogP contribution is 2.20. The minimum Gasteiger partial charge on any atom is -0.356 e. The third kappa shape index (κ3) is 6.63. The lowest BCUT2D eigenvalue weighted by atomic mass is 9.92. The summed E-state index contributed by atoms with van der Waals surface area (Å²) >= 11 is 0. The molecule has 2 aromatic carbocycles. The Labute approximate surface area is 162 Å². The van der Waals surface area contributed by atoms with E-state index >= 15 is 0 Å². The molecule has 0 amide bonds. The SMILES string of the molecule is C#CCNC(=NC)NCC(Cc1ccccc1)c1ccccc1.I. The van der Waals surface area contributed by atoms with Gasteiger partial charge >= 0.3 is 0 Å². The van der Waals surface area contributed by atoms with Gasteiger partial charge in [0.1, 0.15) is 0 Å². The molecule has 2 rings (SSSR count). The summed E-state index contributed by atoms with van der Waals surface area (Å²) in [6, 6.07) is 21.1. The first-order valence-electron chi connectivity index (χ1n) is 7.80. The van der Waals surface area contributed by atoms with Crippen molar-refractivity contribution in [2.45, 2.75) is 12.3 Å². The van der Waals surface area contributed by atoms with Crippen molar-refractivity contribution in [1.29, 1.82) is 0 Å². The zero-order valence-electron chi connectivity index (χ0n) is 13.9. The van der Waals surface area contributed by atoms with Crippen LogP contribution in [0.15, 0.2) is 65.7 Å². The van der Waals surface area contributed by atoms with Gasteiger partial charge in [-0.2, -0.15) is 0 Å². The van der Waals surface area contributed by atoms with Gasteiger partial charge in [0, 0.05) is 19.5 Å². The van der Waals surface area contributed by atoms with Crippen molar-refractivity contribution in [3.05, 3.63) is 71.8 Å². The number of aliphatic imine (C=N–C) groups is 1. The van der Waals surface area contributed by atoms with Crippen LogP contribution in [0.5, 0.6) is 0 Å². The molecular formula is C20H24IN3. The molecule has 0 saturated heterocycles. The number of nitrogens with one attached hydrogen (secondary N) is 2. The predicted octanol–water partition coefficient (Wildman–Crippen LogP) is 3.43. The van der Waals surface area contributed by atoms with Gasteiger partial charge in [0.2, 0.25) is 0 Å². The van der Waals surface area contributed by atoms with Crippen molar-refractivity contribution < 1.29 is 0 Å². The lowest BCUT2D eigenvalue weighted by Crippen LogP contribution is -2.39. The predicted molar refractivity (Wildman–Crippen MR) is 113 cm³/mol. The van der Waals surface area contributed by atoms with Crippen LogP contribution >= 0.6 is 24.0 Å². The minimum absolute atomic E-state index is 0. The molecule has 0 aromatic heterocycles. The van der Waals surface area contributed by atoms with E-state index in [4.69, 9.17) is 6.42 Å². The van der Waals surface area contributed by atoms with E-state index in [9.17, 15) is 0 Å². The zero-order chi connectivity index (χ0) is 16.3. The fourth-order valence-electron chi connectivity index (χ4n) is 2.51. The Morgan fingerprint density at radius 3 is 2.25 bits per heavy atom. The first-order chi connectivity index (χ1) is 11.3. The lowest BCUT2D eigenvalue weighted by molar-refractivity contribution is 0.648. The molecule has 0 aliphatic heterocycles. The third-order valence-corrected chi connectivity index (χ3v) is 3.69. The third-order valence-electron chi connectivity index (χ3n) is 3.69. The standard InChI is InChI=1S/C20H23N3.HI/c1-3-14-22-20(21-2)23-16-19(18-12-8-5-9-13-18)15-17-10-6-4-7-11-17;/h1,4-13,19H,14-16H2,2H3,(H2,21,22,23);1H. The van der Waals surface area contributed by atoms with Crippen molar-refractivity contribution in [2.24, 2.45) is 4.99 Å². The summed E-state index contributed by atoms with van der Waals surface area (Å²) in [5.74, 6) is 3.66. The molecule has 0 spiro atoms. The maximum absolute atomic E-state index is 5.29. The molecule has 24 heavy (non-hydrogen) atoms. The Kier molecular flexibility index (Phi) is 9.62. The number of hydrogen-bond donors (Lipinski definition) is 2. The second-order valence-electron chi connectivity index (χ2n) is 5.31. The van der Waals surface area contributed by atoms with Gasteiger partial charge in [-0.25, -0.2) is 0 Å². The molecule has 2 N–H and O–H groups in total. The van der Waals surface area contributed by atoms with Crippen LogP contribution in [0, 0.1) is 12.3 Å². The van der Waals surface area contributed by atoms with Gasteiger partial charge in [-0.15, -0.1) is 30.4 Å². The van der Waals surface area contributed by atoms with Crippen LogP contribution in [0.3, 0.4) is 0 Å². The summed E-state index contributed by atoms with van der Waals surface area (Å²) in [5.41, 5.74) is 2.64. The van der Waals surface area contributed by atoms with Gasteiger partial charge < -0.3 is 10.6 Å². The Hall–Kier alpha value is -2.00. The molecule has 0 saturated carbocycles. The van der Waals surface area contributed by atoms with Crippen LogP contribution in [0.4, 0.5) is 0 Å². The molecule has 1 unspecified atom stereocenters. The number of hydrogen-bond acceptors (Lipinski definition) is 1. The van der Waals surface area contributed by atoms with E-state index in [2.05, 4.69) is 70.1 Å². The number of halogens is 1. The lowest BCUT2D eigenvalue weighted by Gasteiger charge is -2.20. The molecule has 0 aliphatic carbocycles. The van der Waals surface area contributed by atoms with Crippen LogP contribution in [0.25, 0.3) is 0 Å². The van der Waals surface area contributed by atoms with Gasteiger partial charge in [-0.05, 0) is 17.5 Å². The van der Waals surface area contributed by atoms with Crippen molar-refractivity contribution in [1.82, 2.24) is 10.6 Å². The van der Waals surface area contributed by atoms with E-state index in [0.717, 1.165) is 18.9 Å². The molecule has 0 fully saturated rings. The Morgan fingerprint density at radius 1 is 1.04 bits per heavy atom. The van der Waals surface area contributed by atoms with Gasteiger partial charge in [0.15, 0.2) is 5.96 Å².